The molecule has 0 radical (unpaired) electrons. The van der Waals surface area contributed by atoms with Crippen molar-refractivity contribution in [3.8, 4) is 0 Å². The second-order valence-electron chi connectivity index (χ2n) is 4.61. The van der Waals surface area contributed by atoms with Gasteiger partial charge in [-0.05, 0) is 32.1 Å². The highest BCUT2D eigenvalue weighted by Gasteiger charge is 2.37. The molecule has 78 valence electrons. The molecule has 0 bridgehead atoms. The van der Waals surface area contributed by atoms with Crippen LogP contribution in [0.15, 0.2) is 6.20 Å². The molecule has 14 heavy (non-hydrogen) atoms. The van der Waals surface area contributed by atoms with Gasteiger partial charge in [-0.1, -0.05) is 6.92 Å². The van der Waals surface area contributed by atoms with E-state index in [1.165, 1.54) is 12.1 Å². The molecular formula is C11H19N3. The first-order valence-electron chi connectivity index (χ1n) is 5.34. The minimum Gasteiger partial charge on any atom is -0.380 e. The lowest BCUT2D eigenvalue weighted by molar-refractivity contribution is 0.644. The SMILES string of the molecule is Cc1nn(C)cc1NC(C)C1CC1C. The van der Waals surface area contributed by atoms with Gasteiger partial charge in [0.1, 0.15) is 0 Å². The molecule has 0 aromatic carbocycles. The second-order valence-corrected chi connectivity index (χ2v) is 4.61. The van der Waals surface area contributed by atoms with Gasteiger partial charge in [0.25, 0.3) is 0 Å². The minimum absolute atomic E-state index is 0.577. The molecule has 1 saturated carbocycles. The Morgan fingerprint density at radius 2 is 2.29 bits per heavy atom. The van der Waals surface area contributed by atoms with Gasteiger partial charge < -0.3 is 5.32 Å². The van der Waals surface area contributed by atoms with Crippen molar-refractivity contribution in [1.29, 1.82) is 0 Å². The Morgan fingerprint density at radius 1 is 1.64 bits per heavy atom. The minimum atomic E-state index is 0.577. The summed E-state index contributed by atoms with van der Waals surface area (Å²) in [6.07, 6.45) is 3.42. The van der Waals surface area contributed by atoms with Crippen molar-refractivity contribution in [2.75, 3.05) is 5.32 Å². The average molecular weight is 193 g/mol. The van der Waals surface area contributed by atoms with E-state index in [9.17, 15) is 0 Å². The van der Waals surface area contributed by atoms with Gasteiger partial charge in [0.2, 0.25) is 0 Å². The molecule has 3 nitrogen and oxygen atoms in total. The summed E-state index contributed by atoms with van der Waals surface area (Å²) >= 11 is 0. The predicted molar refractivity (Wildman–Crippen MR) is 58.3 cm³/mol. The molecule has 1 fully saturated rings. The number of nitrogens with one attached hydrogen (secondary N) is 1. The maximum atomic E-state index is 4.32. The smallest absolute Gasteiger partial charge is 0.0825 e. The van der Waals surface area contributed by atoms with Gasteiger partial charge in [0.15, 0.2) is 0 Å². The van der Waals surface area contributed by atoms with E-state index in [-0.39, 0.29) is 0 Å². The Balaban J connectivity index is 2.00. The quantitative estimate of drug-likeness (QED) is 0.797. The summed E-state index contributed by atoms with van der Waals surface area (Å²) in [6, 6.07) is 0.577. The van der Waals surface area contributed by atoms with E-state index in [2.05, 4.69) is 30.5 Å². The number of hydrogen-bond donors (Lipinski definition) is 1. The summed E-state index contributed by atoms with van der Waals surface area (Å²) in [5.41, 5.74) is 2.27. The van der Waals surface area contributed by atoms with E-state index in [1.54, 1.807) is 0 Å². The molecule has 1 aromatic heterocycles. The third kappa shape index (κ3) is 1.76. The Hall–Kier alpha value is -0.990. The van der Waals surface area contributed by atoms with Crippen LogP contribution in [0.25, 0.3) is 0 Å². The average Bonchev–Trinajstić information content (AvgIpc) is 2.73. The zero-order valence-corrected chi connectivity index (χ0v) is 9.41. The molecule has 1 aliphatic carbocycles. The maximum Gasteiger partial charge on any atom is 0.0825 e. The molecule has 1 aliphatic rings. The first-order chi connectivity index (χ1) is 6.58. The third-order valence-corrected chi connectivity index (χ3v) is 3.21. The summed E-state index contributed by atoms with van der Waals surface area (Å²) in [6.45, 7) is 6.63. The van der Waals surface area contributed by atoms with Gasteiger partial charge in [-0.3, -0.25) is 4.68 Å². The number of aryl methyl sites for hydroxylation is 2. The fraction of sp³-hybridized carbons (Fsp3) is 0.727. The van der Waals surface area contributed by atoms with Crippen LogP contribution < -0.4 is 5.32 Å². The Labute approximate surface area is 85.5 Å². The van der Waals surface area contributed by atoms with Gasteiger partial charge >= 0.3 is 0 Å². The van der Waals surface area contributed by atoms with Crippen LogP contribution in [0, 0.1) is 18.8 Å². The molecular weight excluding hydrogens is 174 g/mol. The molecule has 0 spiro atoms. The number of aromatic nitrogens is 2. The monoisotopic (exact) mass is 193 g/mol. The number of nitrogens with zero attached hydrogens (tertiary/aromatic N) is 2. The summed E-state index contributed by atoms with van der Waals surface area (Å²) in [5, 5.41) is 7.86. The summed E-state index contributed by atoms with van der Waals surface area (Å²) in [5.74, 6) is 1.75. The molecule has 0 saturated heterocycles. The summed E-state index contributed by atoms with van der Waals surface area (Å²) < 4.78 is 1.86. The Kier molecular flexibility index (Phi) is 2.25. The van der Waals surface area contributed by atoms with Crippen molar-refractivity contribution >= 4 is 5.69 Å². The standard InChI is InChI=1S/C11H19N3/c1-7-5-10(7)8(2)12-11-6-14(4)13-9(11)3/h6-8,10,12H,5H2,1-4H3. The van der Waals surface area contributed by atoms with Gasteiger partial charge in [0.05, 0.1) is 11.4 Å². The van der Waals surface area contributed by atoms with Gasteiger partial charge in [0, 0.05) is 19.3 Å². The molecule has 2 rings (SSSR count). The van der Waals surface area contributed by atoms with E-state index in [0.717, 1.165) is 17.5 Å². The molecule has 3 unspecified atom stereocenters. The van der Waals surface area contributed by atoms with Gasteiger partial charge in [-0.2, -0.15) is 5.10 Å². The normalized spacial score (nSPS) is 27.4. The maximum absolute atomic E-state index is 4.32. The van der Waals surface area contributed by atoms with Crippen LogP contribution in [-0.4, -0.2) is 15.8 Å². The molecule has 3 heteroatoms. The van der Waals surface area contributed by atoms with Gasteiger partial charge in [-0.25, -0.2) is 0 Å². The summed E-state index contributed by atoms with van der Waals surface area (Å²) in [4.78, 5) is 0. The molecule has 0 aliphatic heterocycles. The highest BCUT2D eigenvalue weighted by atomic mass is 15.3. The predicted octanol–water partition coefficient (Wildman–Crippen LogP) is 2.18. The first kappa shape index (κ1) is 9.56. The van der Waals surface area contributed by atoms with Crippen LogP contribution in [0.3, 0.4) is 0 Å². The van der Waals surface area contributed by atoms with E-state index in [4.69, 9.17) is 0 Å². The van der Waals surface area contributed by atoms with Crippen molar-refractivity contribution < 1.29 is 0 Å². The highest BCUT2D eigenvalue weighted by molar-refractivity contribution is 5.46. The lowest BCUT2D eigenvalue weighted by atomic mass is 10.2. The number of rotatable bonds is 3. The van der Waals surface area contributed by atoms with Crippen molar-refractivity contribution in [2.24, 2.45) is 18.9 Å². The molecule has 1 heterocycles. The van der Waals surface area contributed by atoms with E-state index in [1.807, 2.05) is 18.7 Å². The zero-order valence-electron chi connectivity index (χ0n) is 9.41. The lowest BCUT2D eigenvalue weighted by Crippen LogP contribution is -2.18. The second kappa shape index (κ2) is 3.30. The van der Waals surface area contributed by atoms with Crippen LogP contribution in [0.2, 0.25) is 0 Å². The van der Waals surface area contributed by atoms with E-state index >= 15 is 0 Å². The van der Waals surface area contributed by atoms with Crippen LogP contribution in [0.1, 0.15) is 26.0 Å². The fourth-order valence-corrected chi connectivity index (χ4v) is 2.14. The van der Waals surface area contributed by atoms with Crippen molar-refractivity contribution in [3.05, 3.63) is 11.9 Å². The van der Waals surface area contributed by atoms with Crippen LogP contribution in [0.4, 0.5) is 5.69 Å². The van der Waals surface area contributed by atoms with Crippen molar-refractivity contribution in [2.45, 2.75) is 33.2 Å². The highest BCUT2D eigenvalue weighted by Crippen LogP contribution is 2.41. The zero-order chi connectivity index (χ0) is 10.3. The number of anilines is 1. The van der Waals surface area contributed by atoms with E-state index in [0.29, 0.717) is 6.04 Å². The molecule has 1 N–H and O–H groups in total. The number of hydrogen-bond acceptors (Lipinski definition) is 2. The Morgan fingerprint density at radius 3 is 2.71 bits per heavy atom. The van der Waals surface area contributed by atoms with Crippen LogP contribution in [0.5, 0.6) is 0 Å². The third-order valence-electron chi connectivity index (χ3n) is 3.21. The van der Waals surface area contributed by atoms with Crippen LogP contribution >= 0.6 is 0 Å². The molecule has 1 aromatic rings. The lowest BCUT2D eigenvalue weighted by Gasteiger charge is -2.13. The first-order valence-corrected chi connectivity index (χ1v) is 5.34. The van der Waals surface area contributed by atoms with Crippen molar-refractivity contribution in [1.82, 2.24) is 9.78 Å². The molecule has 0 amide bonds. The molecule has 3 atom stereocenters. The van der Waals surface area contributed by atoms with Crippen molar-refractivity contribution in [3.63, 3.8) is 0 Å². The summed E-state index contributed by atoms with van der Waals surface area (Å²) in [7, 11) is 1.96. The largest absolute Gasteiger partial charge is 0.380 e. The topological polar surface area (TPSA) is 29.9 Å². The van der Waals surface area contributed by atoms with Crippen LogP contribution in [-0.2, 0) is 7.05 Å². The van der Waals surface area contributed by atoms with E-state index < -0.39 is 0 Å². The fourth-order valence-electron chi connectivity index (χ4n) is 2.14. The Bertz CT molecular complexity index is 329. The van der Waals surface area contributed by atoms with Gasteiger partial charge in [-0.15, -0.1) is 0 Å².